The number of halogens is 3. The van der Waals surface area contributed by atoms with E-state index >= 15 is 0 Å². The van der Waals surface area contributed by atoms with E-state index in [2.05, 4.69) is 42.5 Å². The number of benzene rings is 3. The van der Waals surface area contributed by atoms with Gasteiger partial charge in [-0.15, -0.1) is 0 Å². The topological polar surface area (TPSA) is 87.7 Å². The Bertz CT molecular complexity index is 1370. The van der Waals surface area contributed by atoms with Gasteiger partial charge in [0.25, 0.3) is 5.91 Å². The Morgan fingerprint density at radius 2 is 1.81 bits per heavy atom. The second kappa shape index (κ2) is 11.0. The third-order valence-corrected chi connectivity index (χ3v) is 6.41. The number of hydrogen-bond acceptors (Lipinski definition) is 4. The quantitative estimate of drug-likeness (QED) is 0.261. The van der Waals surface area contributed by atoms with Crippen LogP contribution in [0.3, 0.4) is 0 Å². The lowest BCUT2D eigenvalue weighted by Gasteiger charge is -2.12. The van der Waals surface area contributed by atoms with E-state index in [-0.39, 0.29) is 18.1 Å². The summed E-state index contributed by atoms with van der Waals surface area (Å²) >= 11 is 6.87. The van der Waals surface area contributed by atoms with Crippen molar-refractivity contribution in [3.05, 3.63) is 97.8 Å². The summed E-state index contributed by atoms with van der Waals surface area (Å²) in [5.41, 5.74) is 2.57. The molecule has 184 valence electrons. The minimum atomic E-state index is -0.686. The Labute approximate surface area is 223 Å². The lowest BCUT2D eigenvalue weighted by atomic mass is 10.1. The third-order valence-electron chi connectivity index (χ3n) is 5.23. The number of carbonyl (C=O) groups is 3. The number of anilines is 1. The van der Waals surface area contributed by atoms with Gasteiger partial charge in [-0.2, -0.15) is 0 Å². The number of hydrogen-bond donors (Lipinski definition) is 2. The number of aryl methyl sites for hydroxylation is 1. The molecule has 0 aromatic heterocycles. The molecule has 0 atom stereocenters. The molecule has 3 aromatic rings. The lowest BCUT2D eigenvalue weighted by molar-refractivity contribution is -0.127. The van der Waals surface area contributed by atoms with E-state index in [0.29, 0.717) is 31.5 Å². The van der Waals surface area contributed by atoms with Crippen LogP contribution in [-0.2, 0) is 16.2 Å². The number of ether oxygens (including phenoxy) is 1. The van der Waals surface area contributed by atoms with E-state index in [1.54, 1.807) is 48.5 Å². The molecule has 4 rings (SSSR count). The van der Waals surface area contributed by atoms with Gasteiger partial charge >= 0.3 is 6.03 Å². The molecule has 1 saturated heterocycles. The third kappa shape index (κ3) is 6.00. The van der Waals surface area contributed by atoms with E-state index in [1.165, 1.54) is 12.1 Å². The molecule has 0 unspecified atom stereocenters. The van der Waals surface area contributed by atoms with Crippen molar-refractivity contribution in [1.82, 2.24) is 10.2 Å². The van der Waals surface area contributed by atoms with Crippen LogP contribution in [0.25, 0.3) is 6.08 Å². The largest absolute Gasteiger partial charge is 0.486 e. The van der Waals surface area contributed by atoms with Crippen molar-refractivity contribution in [3.63, 3.8) is 0 Å². The molecule has 1 fully saturated rings. The molecule has 0 radical (unpaired) electrons. The molecule has 7 nitrogen and oxygen atoms in total. The summed E-state index contributed by atoms with van der Waals surface area (Å²) in [5.74, 6) is -1.02. The number of rotatable bonds is 7. The van der Waals surface area contributed by atoms with Gasteiger partial charge in [-0.3, -0.25) is 9.59 Å². The molecule has 4 amide bonds. The van der Waals surface area contributed by atoms with Crippen LogP contribution in [-0.4, -0.2) is 29.3 Å². The van der Waals surface area contributed by atoms with Crippen molar-refractivity contribution in [2.75, 3.05) is 11.9 Å². The molecular weight excluding hydrogens is 597 g/mol. The molecular formula is C26H20Br2FN3O4. The number of imide groups is 1. The van der Waals surface area contributed by atoms with E-state index in [4.69, 9.17) is 4.74 Å². The first-order valence-electron chi connectivity index (χ1n) is 10.8. The summed E-state index contributed by atoms with van der Waals surface area (Å²) in [7, 11) is 0. The minimum Gasteiger partial charge on any atom is -0.486 e. The monoisotopic (exact) mass is 615 g/mol. The summed E-state index contributed by atoms with van der Waals surface area (Å²) in [5, 5.41) is 5.18. The van der Waals surface area contributed by atoms with Crippen LogP contribution in [0, 0.1) is 12.7 Å². The molecule has 36 heavy (non-hydrogen) atoms. The number of carbonyl (C=O) groups excluding carboxylic acids is 3. The van der Waals surface area contributed by atoms with Gasteiger partial charge in [0.15, 0.2) is 0 Å². The molecule has 0 aliphatic carbocycles. The smallest absolute Gasteiger partial charge is 0.329 e. The zero-order valence-electron chi connectivity index (χ0n) is 19.0. The lowest BCUT2D eigenvalue weighted by Crippen LogP contribution is -2.38. The highest BCUT2D eigenvalue weighted by Gasteiger charge is 2.35. The van der Waals surface area contributed by atoms with Crippen molar-refractivity contribution >= 4 is 61.5 Å². The second-order valence-electron chi connectivity index (χ2n) is 7.99. The van der Waals surface area contributed by atoms with Crippen molar-refractivity contribution in [2.24, 2.45) is 0 Å². The van der Waals surface area contributed by atoms with Gasteiger partial charge in [0.05, 0.1) is 8.95 Å². The average Bonchev–Trinajstić information content (AvgIpc) is 3.07. The molecule has 2 N–H and O–H groups in total. The zero-order chi connectivity index (χ0) is 25.8. The second-order valence-corrected chi connectivity index (χ2v) is 9.70. The standard InChI is InChI=1S/C26H20Br2FN3O4/c1-15-5-4-7-18(9-15)30-23(33)13-32-25(34)22(31-26(32)35)12-16-10-19(27)24(20(28)11-16)36-14-17-6-2-3-8-21(17)29/h2-12H,13-14H2,1H3,(H,30,33)(H,31,35)/b22-12+. The van der Waals surface area contributed by atoms with Crippen molar-refractivity contribution in [2.45, 2.75) is 13.5 Å². The van der Waals surface area contributed by atoms with E-state index < -0.39 is 24.4 Å². The molecule has 0 bridgehead atoms. The Morgan fingerprint density at radius 1 is 1.08 bits per heavy atom. The Hall–Kier alpha value is -3.50. The van der Waals surface area contributed by atoms with Crippen LogP contribution < -0.4 is 15.4 Å². The van der Waals surface area contributed by atoms with Crippen molar-refractivity contribution in [3.8, 4) is 5.75 Å². The van der Waals surface area contributed by atoms with Crippen molar-refractivity contribution in [1.29, 1.82) is 0 Å². The Kier molecular flexibility index (Phi) is 7.85. The molecule has 3 aromatic carbocycles. The van der Waals surface area contributed by atoms with Crippen LogP contribution in [0.1, 0.15) is 16.7 Å². The van der Waals surface area contributed by atoms with E-state index in [9.17, 15) is 18.8 Å². The molecule has 1 heterocycles. The van der Waals surface area contributed by atoms with Gasteiger partial charge in [0.2, 0.25) is 5.91 Å². The number of nitrogens with one attached hydrogen (secondary N) is 2. The van der Waals surface area contributed by atoms with Gasteiger partial charge < -0.3 is 15.4 Å². The van der Waals surface area contributed by atoms with Crippen LogP contribution in [0.15, 0.2) is 75.3 Å². The highest BCUT2D eigenvalue weighted by atomic mass is 79.9. The van der Waals surface area contributed by atoms with Gasteiger partial charge in [-0.1, -0.05) is 30.3 Å². The van der Waals surface area contributed by atoms with Crippen LogP contribution in [0.2, 0.25) is 0 Å². The first-order valence-corrected chi connectivity index (χ1v) is 12.4. The fraction of sp³-hybridized carbons (Fsp3) is 0.115. The highest BCUT2D eigenvalue weighted by Crippen LogP contribution is 2.36. The summed E-state index contributed by atoms with van der Waals surface area (Å²) in [6.07, 6.45) is 1.49. The minimum absolute atomic E-state index is 0.0262. The SMILES string of the molecule is Cc1cccc(NC(=O)CN2C(=O)N/C(=C/c3cc(Br)c(OCc4ccccc4F)c(Br)c3)C2=O)c1. The fourth-order valence-electron chi connectivity index (χ4n) is 3.51. The molecule has 1 aliphatic rings. The number of urea groups is 1. The first kappa shape index (κ1) is 25.6. The van der Waals surface area contributed by atoms with Gasteiger partial charge in [0, 0.05) is 11.3 Å². The van der Waals surface area contributed by atoms with E-state index in [0.717, 1.165) is 10.5 Å². The maximum Gasteiger partial charge on any atom is 0.329 e. The number of nitrogens with zero attached hydrogens (tertiary/aromatic N) is 1. The predicted molar refractivity (Wildman–Crippen MR) is 141 cm³/mol. The van der Waals surface area contributed by atoms with Gasteiger partial charge in [-0.05, 0) is 86.3 Å². The number of amides is 4. The first-order chi connectivity index (χ1) is 17.2. The van der Waals surface area contributed by atoms with E-state index in [1.807, 2.05) is 13.0 Å². The molecule has 0 saturated carbocycles. The summed E-state index contributed by atoms with van der Waals surface area (Å²) < 4.78 is 20.8. The Balaban J connectivity index is 1.44. The zero-order valence-corrected chi connectivity index (χ0v) is 22.2. The fourth-order valence-corrected chi connectivity index (χ4v) is 4.97. The Morgan fingerprint density at radius 3 is 2.50 bits per heavy atom. The van der Waals surface area contributed by atoms with Gasteiger partial charge in [-0.25, -0.2) is 14.1 Å². The normalized spacial score (nSPS) is 14.2. The summed E-state index contributed by atoms with van der Waals surface area (Å²) in [6.45, 7) is 1.49. The van der Waals surface area contributed by atoms with Crippen LogP contribution in [0.4, 0.5) is 14.9 Å². The molecule has 1 aliphatic heterocycles. The van der Waals surface area contributed by atoms with Crippen molar-refractivity contribution < 1.29 is 23.5 Å². The van der Waals surface area contributed by atoms with Gasteiger partial charge in [0.1, 0.15) is 30.4 Å². The van der Waals surface area contributed by atoms with Crippen LogP contribution in [0.5, 0.6) is 5.75 Å². The van der Waals surface area contributed by atoms with Crippen LogP contribution >= 0.6 is 31.9 Å². The summed E-state index contributed by atoms with van der Waals surface area (Å²) in [6, 6.07) is 16.2. The maximum atomic E-state index is 13.9. The molecule has 0 spiro atoms. The summed E-state index contributed by atoms with van der Waals surface area (Å²) in [4.78, 5) is 38.4. The molecule has 10 heteroatoms. The predicted octanol–water partition coefficient (Wildman–Crippen LogP) is 5.77. The average molecular weight is 617 g/mol. The maximum absolute atomic E-state index is 13.9. The highest BCUT2D eigenvalue weighted by molar-refractivity contribution is 9.11.